The Morgan fingerprint density at radius 3 is 2.16 bits per heavy atom. The van der Waals surface area contributed by atoms with Crippen LogP contribution in [-0.2, 0) is 16.0 Å². The van der Waals surface area contributed by atoms with Crippen molar-refractivity contribution in [2.45, 2.75) is 38.9 Å². The van der Waals surface area contributed by atoms with Crippen LogP contribution in [0, 0.1) is 0 Å². The van der Waals surface area contributed by atoms with E-state index >= 15 is 0 Å². The molecule has 1 unspecified atom stereocenters. The maximum absolute atomic E-state index is 12.4. The van der Waals surface area contributed by atoms with Crippen LogP contribution in [0.25, 0.3) is 0 Å². The van der Waals surface area contributed by atoms with Crippen LogP contribution >= 0.6 is 11.6 Å². The van der Waals surface area contributed by atoms with Crippen LogP contribution < -0.4 is 0 Å². The lowest BCUT2D eigenvalue weighted by atomic mass is 10.1. The zero-order valence-electron chi connectivity index (χ0n) is 14.9. The lowest BCUT2D eigenvalue weighted by Crippen LogP contribution is -2.53. The van der Waals surface area contributed by atoms with Gasteiger partial charge in [0.15, 0.2) is 0 Å². The number of hydrogen-bond acceptors (Lipinski definition) is 4. The fourth-order valence-corrected chi connectivity index (χ4v) is 2.70. The SMILES string of the molecule is CC(C)(C)OC(=O)N1CCN(C(=O)C(O)Cc2ccc(Cl)cc2)CC1. The molecule has 1 aliphatic heterocycles. The van der Waals surface area contributed by atoms with Crippen molar-refractivity contribution in [2.24, 2.45) is 0 Å². The van der Waals surface area contributed by atoms with Gasteiger partial charge in [0, 0.05) is 37.6 Å². The van der Waals surface area contributed by atoms with E-state index in [1.165, 1.54) is 0 Å². The van der Waals surface area contributed by atoms with Crippen LogP contribution in [0.2, 0.25) is 5.02 Å². The molecule has 1 saturated heterocycles. The first-order valence-corrected chi connectivity index (χ1v) is 8.73. The molecule has 1 heterocycles. The zero-order chi connectivity index (χ0) is 18.6. The number of aliphatic hydroxyl groups is 1. The third-order valence-electron chi connectivity index (χ3n) is 3.87. The summed E-state index contributed by atoms with van der Waals surface area (Å²) in [4.78, 5) is 27.6. The Kier molecular flexibility index (Phi) is 6.30. The molecule has 1 N–H and O–H groups in total. The smallest absolute Gasteiger partial charge is 0.410 e. The number of ether oxygens (including phenoxy) is 1. The Labute approximate surface area is 153 Å². The van der Waals surface area contributed by atoms with E-state index in [1.54, 1.807) is 34.1 Å². The summed E-state index contributed by atoms with van der Waals surface area (Å²) in [5, 5.41) is 10.8. The van der Waals surface area contributed by atoms with Gasteiger partial charge in [-0.2, -0.15) is 0 Å². The molecule has 0 radical (unpaired) electrons. The standard InChI is InChI=1S/C18H25ClN2O4/c1-18(2,3)25-17(24)21-10-8-20(9-11-21)16(23)15(22)12-13-4-6-14(19)7-5-13/h4-7,15,22H,8-12H2,1-3H3. The third kappa shape index (κ3) is 5.90. The normalized spacial score (nSPS) is 16.5. The van der Waals surface area contributed by atoms with E-state index in [0.717, 1.165) is 5.56 Å². The minimum Gasteiger partial charge on any atom is -0.444 e. The summed E-state index contributed by atoms with van der Waals surface area (Å²) < 4.78 is 5.33. The van der Waals surface area contributed by atoms with E-state index in [-0.39, 0.29) is 18.4 Å². The molecule has 0 aliphatic carbocycles. The van der Waals surface area contributed by atoms with Crippen LogP contribution in [0.3, 0.4) is 0 Å². The van der Waals surface area contributed by atoms with Crippen molar-refractivity contribution >= 4 is 23.6 Å². The van der Waals surface area contributed by atoms with Crippen LogP contribution in [0.15, 0.2) is 24.3 Å². The largest absolute Gasteiger partial charge is 0.444 e. The highest BCUT2D eigenvalue weighted by Crippen LogP contribution is 2.14. The number of piperazine rings is 1. The Bertz CT molecular complexity index is 604. The Morgan fingerprint density at radius 2 is 1.64 bits per heavy atom. The van der Waals surface area contributed by atoms with Gasteiger partial charge in [-0.1, -0.05) is 23.7 Å². The van der Waals surface area contributed by atoms with E-state index in [9.17, 15) is 14.7 Å². The average molecular weight is 369 g/mol. The summed E-state index contributed by atoms with van der Waals surface area (Å²) in [6.07, 6.45) is -1.24. The monoisotopic (exact) mass is 368 g/mol. The van der Waals surface area contributed by atoms with Crippen LogP contribution in [-0.4, -0.2) is 64.8 Å². The number of aliphatic hydroxyl groups excluding tert-OH is 1. The topological polar surface area (TPSA) is 70.1 Å². The first kappa shape index (κ1) is 19.5. The Hall–Kier alpha value is -1.79. The number of amides is 2. The Morgan fingerprint density at radius 1 is 1.12 bits per heavy atom. The molecule has 1 atom stereocenters. The number of carbonyl (C=O) groups is 2. The van der Waals surface area contributed by atoms with Gasteiger partial charge in [0.2, 0.25) is 0 Å². The maximum Gasteiger partial charge on any atom is 0.410 e. The predicted molar refractivity (Wildman–Crippen MR) is 95.5 cm³/mol. The number of carbonyl (C=O) groups excluding carboxylic acids is 2. The summed E-state index contributed by atoms with van der Waals surface area (Å²) in [7, 11) is 0. The number of benzene rings is 1. The average Bonchev–Trinajstić information content (AvgIpc) is 2.55. The second kappa shape index (κ2) is 8.06. The molecule has 25 heavy (non-hydrogen) atoms. The van der Waals surface area contributed by atoms with E-state index in [0.29, 0.717) is 31.2 Å². The van der Waals surface area contributed by atoms with Crippen molar-refractivity contribution in [1.29, 1.82) is 0 Å². The van der Waals surface area contributed by atoms with Crippen LogP contribution in [0.5, 0.6) is 0 Å². The number of rotatable bonds is 3. The fraction of sp³-hybridized carbons (Fsp3) is 0.556. The number of halogens is 1. The summed E-state index contributed by atoms with van der Waals surface area (Å²) in [6, 6.07) is 7.04. The molecule has 1 aliphatic rings. The first-order valence-electron chi connectivity index (χ1n) is 8.35. The summed E-state index contributed by atoms with van der Waals surface area (Å²) in [5.41, 5.74) is 0.302. The van der Waals surface area contributed by atoms with Gasteiger partial charge in [0.25, 0.3) is 5.91 Å². The minimum atomic E-state index is -1.10. The molecule has 2 rings (SSSR count). The van der Waals surface area contributed by atoms with Gasteiger partial charge in [-0.3, -0.25) is 4.79 Å². The summed E-state index contributed by atoms with van der Waals surface area (Å²) in [6.45, 7) is 7.02. The van der Waals surface area contributed by atoms with Gasteiger partial charge in [0.1, 0.15) is 11.7 Å². The zero-order valence-corrected chi connectivity index (χ0v) is 15.6. The minimum absolute atomic E-state index is 0.238. The molecule has 1 aromatic carbocycles. The van der Waals surface area contributed by atoms with Crippen molar-refractivity contribution in [1.82, 2.24) is 9.80 Å². The van der Waals surface area contributed by atoms with Gasteiger partial charge in [-0.15, -0.1) is 0 Å². The van der Waals surface area contributed by atoms with E-state index in [2.05, 4.69) is 0 Å². The fourth-order valence-electron chi connectivity index (χ4n) is 2.58. The quantitative estimate of drug-likeness (QED) is 0.888. The van der Waals surface area contributed by atoms with Crippen molar-refractivity contribution in [3.05, 3.63) is 34.9 Å². The molecule has 1 fully saturated rings. The molecule has 2 amide bonds. The molecule has 0 bridgehead atoms. The summed E-state index contributed by atoms with van der Waals surface area (Å²) >= 11 is 5.83. The van der Waals surface area contributed by atoms with Crippen molar-refractivity contribution in [3.8, 4) is 0 Å². The molecule has 0 saturated carbocycles. The van der Waals surface area contributed by atoms with Crippen molar-refractivity contribution in [2.75, 3.05) is 26.2 Å². The lowest BCUT2D eigenvalue weighted by molar-refractivity contribution is -0.141. The molecule has 0 aromatic heterocycles. The van der Waals surface area contributed by atoms with Crippen LogP contribution in [0.4, 0.5) is 4.79 Å². The molecule has 6 nitrogen and oxygen atoms in total. The molecule has 0 spiro atoms. The van der Waals surface area contributed by atoms with Gasteiger partial charge in [-0.25, -0.2) is 4.79 Å². The second-order valence-electron chi connectivity index (χ2n) is 7.14. The van der Waals surface area contributed by atoms with Gasteiger partial charge in [-0.05, 0) is 38.5 Å². The third-order valence-corrected chi connectivity index (χ3v) is 4.12. The highest BCUT2D eigenvalue weighted by atomic mass is 35.5. The van der Waals surface area contributed by atoms with Crippen LogP contribution in [0.1, 0.15) is 26.3 Å². The highest BCUT2D eigenvalue weighted by Gasteiger charge is 2.30. The molecular weight excluding hydrogens is 344 g/mol. The summed E-state index contributed by atoms with van der Waals surface area (Å²) in [5.74, 6) is -0.321. The molecule has 138 valence electrons. The molecule has 1 aromatic rings. The van der Waals surface area contributed by atoms with Crippen molar-refractivity contribution < 1.29 is 19.4 Å². The van der Waals surface area contributed by atoms with Gasteiger partial charge < -0.3 is 19.6 Å². The lowest BCUT2D eigenvalue weighted by Gasteiger charge is -2.36. The molecular formula is C18H25ClN2O4. The number of nitrogens with zero attached hydrogens (tertiary/aromatic N) is 2. The van der Waals surface area contributed by atoms with Crippen molar-refractivity contribution in [3.63, 3.8) is 0 Å². The van der Waals surface area contributed by atoms with Gasteiger partial charge in [0.05, 0.1) is 0 Å². The highest BCUT2D eigenvalue weighted by molar-refractivity contribution is 6.30. The van der Waals surface area contributed by atoms with E-state index in [4.69, 9.17) is 16.3 Å². The van der Waals surface area contributed by atoms with Gasteiger partial charge >= 0.3 is 6.09 Å². The number of hydrogen-bond donors (Lipinski definition) is 1. The first-order chi connectivity index (χ1) is 11.7. The Balaban J connectivity index is 1.84. The molecule has 7 heteroatoms. The van der Waals surface area contributed by atoms with E-state index < -0.39 is 11.7 Å². The predicted octanol–water partition coefficient (Wildman–Crippen LogP) is 2.32. The maximum atomic E-state index is 12.4. The van der Waals surface area contributed by atoms with E-state index in [1.807, 2.05) is 20.8 Å². The second-order valence-corrected chi connectivity index (χ2v) is 7.58.